The van der Waals surface area contributed by atoms with Crippen LogP contribution in [0.3, 0.4) is 0 Å². The highest BCUT2D eigenvalue weighted by Crippen LogP contribution is 2.40. The summed E-state index contributed by atoms with van der Waals surface area (Å²) in [6.07, 6.45) is -0.491. The van der Waals surface area contributed by atoms with Crippen LogP contribution in [-0.2, 0) is 0 Å². The maximum atomic E-state index is 6.82. The van der Waals surface area contributed by atoms with Crippen LogP contribution in [-0.4, -0.2) is 16.2 Å². The van der Waals surface area contributed by atoms with E-state index in [1.165, 1.54) is 21.5 Å². The topological polar surface area (TPSA) is 81.1 Å². The van der Waals surface area contributed by atoms with Crippen LogP contribution in [0.1, 0.15) is 22.9 Å². The van der Waals surface area contributed by atoms with E-state index >= 15 is 0 Å². The fourth-order valence-corrected chi connectivity index (χ4v) is 9.72. The molecule has 1 aliphatic heterocycles. The Hall–Kier alpha value is -8.42. The smallest absolute Gasteiger partial charge is 0.159 e. The third-order valence-corrected chi connectivity index (χ3v) is 12.6. The lowest BCUT2D eigenvalue weighted by molar-refractivity contribution is 0.658. The van der Waals surface area contributed by atoms with Gasteiger partial charge < -0.3 is 23.1 Å². The van der Waals surface area contributed by atoms with E-state index in [1.54, 1.807) is 0 Å². The Labute approximate surface area is 352 Å². The zero-order chi connectivity index (χ0) is 40.5. The Morgan fingerprint density at radius 2 is 1.03 bits per heavy atom. The van der Waals surface area contributed by atoms with Gasteiger partial charge in [0, 0.05) is 54.3 Å². The molecule has 13 aromatic rings. The normalized spacial score (nSPS) is 14.6. The molecule has 9 aromatic carbocycles. The number of furan rings is 3. The third kappa shape index (κ3) is 4.87. The number of rotatable bonds is 4. The molecule has 0 spiro atoms. The van der Waals surface area contributed by atoms with Gasteiger partial charge in [0.25, 0.3) is 0 Å². The Kier molecular flexibility index (Phi) is 6.76. The van der Waals surface area contributed by atoms with Gasteiger partial charge in [0.05, 0.1) is 16.6 Å². The molecule has 0 radical (unpaired) electrons. The van der Waals surface area contributed by atoms with E-state index in [1.807, 2.05) is 60.7 Å². The molecule has 0 aliphatic carbocycles. The van der Waals surface area contributed by atoms with Crippen molar-refractivity contribution in [3.8, 4) is 5.69 Å². The summed E-state index contributed by atoms with van der Waals surface area (Å²) in [5, 5.41) is 14.8. The number of nitrogens with zero attached hydrogens (tertiary/aromatic N) is 3. The molecule has 14 rings (SSSR count). The average Bonchev–Trinajstić information content (AvgIpc) is 4.09. The molecule has 0 amide bonds. The van der Waals surface area contributed by atoms with E-state index in [4.69, 9.17) is 23.2 Å². The number of hydrogen-bond donors (Lipinski definition) is 1. The van der Waals surface area contributed by atoms with Crippen LogP contribution in [0.25, 0.3) is 104 Å². The van der Waals surface area contributed by atoms with Gasteiger partial charge in [-0.15, -0.1) is 0 Å². The summed E-state index contributed by atoms with van der Waals surface area (Å²) in [4.78, 5) is 10.8. The quantitative estimate of drug-likeness (QED) is 0.192. The first-order valence-electron chi connectivity index (χ1n) is 20.8. The minimum absolute atomic E-state index is 0.491. The molecule has 5 heterocycles. The number of aliphatic imine (C=N–C) groups is 2. The lowest BCUT2D eigenvalue weighted by Gasteiger charge is -2.24. The van der Waals surface area contributed by atoms with E-state index in [9.17, 15) is 0 Å². The van der Waals surface area contributed by atoms with Gasteiger partial charge in [-0.1, -0.05) is 103 Å². The first-order chi connectivity index (χ1) is 30.7. The van der Waals surface area contributed by atoms with Crippen LogP contribution in [0.4, 0.5) is 0 Å². The summed E-state index contributed by atoms with van der Waals surface area (Å²) in [5.41, 5.74) is 10.9. The summed E-state index contributed by atoms with van der Waals surface area (Å²) in [5.74, 6) is 1.26. The van der Waals surface area contributed by atoms with Crippen molar-refractivity contribution in [3.63, 3.8) is 0 Å². The highest BCUT2D eigenvalue weighted by Gasteiger charge is 2.27. The molecule has 0 bridgehead atoms. The number of fused-ring (bicyclic) bond motifs is 13. The molecule has 1 N–H and O–H groups in total. The number of benzene rings is 9. The minimum Gasteiger partial charge on any atom is -0.456 e. The molecule has 62 heavy (non-hydrogen) atoms. The zero-order valence-corrected chi connectivity index (χ0v) is 33.0. The first-order valence-corrected chi connectivity index (χ1v) is 20.8. The van der Waals surface area contributed by atoms with E-state index in [-0.39, 0.29) is 0 Å². The van der Waals surface area contributed by atoms with Gasteiger partial charge in [0.2, 0.25) is 0 Å². The molecular weight excluding hydrogens is 765 g/mol. The predicted octanol–water partition coefficient (Wildman–Crippen LogP) is 14.1. The molecule has 0 saturated heterocycles. The van der Waals surface area contributed by atoms with Gasteiger partial charge >= 0.3 is 0 Å². The van der Waals surface area contributed by atoms with Crippen LogP contribution >= 0.6 is 0 Å². The molecular formula is C55H32N4O3. The number of hydrogen-bond acceptors (Lipinski definition) is 6. The summed E-state index contributed by atoms with van der Waals surface area (Å²) in [6.45, 7) is 0. The fourth-order valence-electron chi connectivity index (χ4n) is 9.72. The molecule has 290 valence electrons. The second-order valence-electron chi connectivity index (χ2n) is 16.2. The van der Waals surface area contributed by atoms with E-state index < -0.39 is 6.17 Å². The third-order valence-electron chi connectivity index (χ3n) is 12.6. The number of aromatic nitrogens is 1. The number of nitrogens with one attached hydrogen (secondary N) is 1. The number of para-hydroxylation sites is 4. The van der Waals surface area contributed by atoms with Gasteiger partial charge in [-0.05, 0) is 95.2 Å². The maximum Gasteiger partial charge on any atom is 0.159 e. The van der Waals surface area contributed by atoms with Crippen molar-refractivity contribution in [3.05, 3.63) is 199 Å². The van der Waals surface area contributed by atoms with Crippen molar-refractivity contribution in [2.24, 2.45) is 9.98 Å². The predicted molar refractivity (Wildman–Crippen MR) is 252 cm³/mol. The van der Waals surface area contributed by atoms with Crippen molar-refractivity contribution in [2.75, 3.05) is 0 Å². The fraction of sp³-hybridized carbons (Fsp3) is 0.0182. The van der Waals surface area contributed by atoms with Crippen LogP contribution in [0, 0.1) is 0 Å². The van der Waals surface area contributed by atoms with Crippen LogP contribution in [0.5, 0.6) is 0 Å². The highest BCUT2D eigenvalue weighted by molar-refractivity contribution is 6.21. The average molecular weight is 797 g/mol. The lowest BCUT2D eigenvalue weighted by atomic mass is 10.0. The second-order valence-corrected chi connectivity index (χ2v) is 16.2. The Bertz CT molecular complexity index is 4100. The standard InChI is InChI=1S/C55H32N4O3/c1-2-12-32-28-46-40(25-31(32)11-1)36-13-3-7-17-45(36)59(46)35-29-43-39-16-6-10-20-49(39)62-52(43)44(30-35)55-57-53(33-21-23-50-41(26-33)37-14-4-8-18-47(37)60-50)56-54(58-55)34-22-24-51-42(27-34)38-15-5-9-19-48(38)61-51/h1-30,53H,(H,56,57,58). The van der Waals surface area contributed by atoms with Gasteiger partial charge in [-0.2, -0.15) is 0 Å². The molecule has 4 aromatic heterocycles. The van der Waals surface area contributed by atoms with Crippen LogP contribution < -0.4 is 5.32 Å². The summed E-state index contributed by atoms with van der Waals surface area (Å²) >= 11 is 0. The van der Waals surface area contributed by atoms with Crippen molar-refractivity contribution in [1.82, 2.24) is 9.88 Å². The van der Waals surface area contributed by atoms with Crippen molar-refractivity contribution in [1.29, 1.82) is 0 Å². The van der Waals surface area contributed by atoms with Gasteiger partial charge in [0.15, 0.2) is 5.84 Å². The van der Waals surface area contributed by atoms with Gasteiger partial charge in [0.1, 0.15) is 45.5 Å². The number of amidine groups is 2. The summed E-state index contributed by atoms with van der Waals surface area (Å²) in [7, 11) is 0. The molecule has 1 aliphatic rings. The minimum atomic E-state index is -0.491. The SMILES string of the molecule is c1ccc2cc3c(cc2c1)c1ccccc1n3-c1cc(C2=NC(c3ccc4oc5ccccc5c4c3)=NC(c3ccc4oc5ccccc5c4c3)N2)c2oc3ccccc3c2c1. The highest BCUT2D eigenvalue weighted by atomic mass is 16.3. The van der Waals surface area contributed by atoms with Gasteiger partial charge in [-0.25, -0.2) is 9.98 Å². The zero-order valence-electron chi connectivity index (χ0n) is 33.0. The summed E-state index contributed by atoms with van der Waals surface area (Å²) < 4.78 is 21.7. The van der Waals surface area contributed by atoms with E-state index in [0.717, 1.165) is 99.2 Å². The van der Waals surface area contributed by atoms with Gasteiger partial charge in [-0.3, -0.25) is 0 Å². The monoisotopic (exact) mass is 796 g/mol. The van der Waals surface area contributed by atoms with Crippen LogP contribution in [0.15, 0.2) is 205 Å². The maximum absolute atomic E-state index is 6.82. The largest absolute Gasteiger partial charge is 0.456 e. The summed E-state index contributed by atoms with van der Waals surface area (Å²) in [6, 6.07) is 63.4. The Balaban J connectivity index is 1.03. The van der Waals surface area contributed by atoms with Crippen molar-refractivity contribution in [2.45, 2.75) is 6.17 Å². The Morgan fingerprint density at radius 1 is 0.435 bits per heavy atom. The molecule has 7 heteroatoms. The van der Waals surface area contributed by atoms with Crippen LogP contribution in [0.2, 0.25) is 0 Å². The van der Waals surface area contributed by atoms with Crippen molar-refractivity contribution < 1.29 is 13.3 Å². The molecule has 7 nitrogen and oxygen atoms in total. The second kappa shape index (κ2) is 12.5. The van der Waals surface area contributed by atoms with Crippen molar-refractivity contribution >= 4 is 110 Å². The molecule has 0 fully saturated rings. The van der Waals surface area contributed by atoms with E-state index in [0.29, 0.717) is 11.7 Å². The molecule has 0 saturated carbocycles. The lowest BCUT2D eigenvalue weighted by Crippen LogP contribution is -2.33. The molecule has 1 atom stereocenters. The Morgan fingerprint density at radius 3 is 1.79 bits per heavy atom. The first kappa shape index (κ1) is 33.4. The van der Waals surface area contributed by atoms with E-state index in [2.05, 4.69) is 131 Å². The molecule has 1 unspecified atom stereocenters.